The maximum absolute atomic E-state index is 11.8. The van der Waals surface area contributed by atoms with Gasteiger partial charge in [0.1, 0.15) is 0 Å². The van der Waals surface area contributed by atoms with E-state index >= 15 is 0 Å². The van der Waals surface area contributed by atoms with Crippen molar-refractivity contribution < 1.29 is 14.6 Å². The Morgan fingerprint density at radius 3 is 2.76 bits per heavy atom. The molecule has 1 saturated heterocycles. The molecular formula is C14H18Cl2N2O3. The molecule has 0 saturated carbocycles. The van der Waals surface area contributed by atoms with Crippen LogP contribution in [0.15, 0.2) is 18.2 Å². The van der Waals surface area contributed by atoms with Crippen molar-refractivity contribution in [3.63, 3.8) is 0 Å². The number of amides is 1. The van der Waals surface area contributed by atoms with Gasteiger partial charge in [0.15, 0.2) is 0 Å². The third-order valence-electron chi connectivity index (χ3n) is 3.28. The molecule has 0 bridgehead atoms. The lowest BCUT2D eigenvalue weighted by molar-refractivity contribution is -0.123. The molecule has 5 nitrogen and oxygen atoms in total. The predicted octanol–water partition coefficient (Wildman–Crippen LogP) is 1.48. The van der Waals surface area contributed by atoms with Crippen molar-refractivity contribution in [2.75, 3.05) is 39.4 Å². The first-order valence-corrected chi connectivity index (χ1v) is 7.51. The van der Waals surface area contributed by atoms with Crippen LogP contribution in [0.3, 0.4) is 0 Å². The zero-order chi connectivity index (χ0) is 15.2. The zero-order valence-corrected chi connectivity index (χ0v) is 13.0. The molecule has 1 aromatic carbocycles. The molecular weight excluding hydrogens is 315 g/mol. The molecule has 0 aromatic heterocycles. The number of carbonyl (C=O) groups excluding carboxylic acids is 1. The molecule has 116 valence electrons. The van der Waals surface area contributed by atoms with Gasteiger partial charge in [-0.3, -0.25) is 9.69 Å². The lowest BCUT2D eigenvalue weighted by Gasteiger charge is -2.26. The summed E-state index contributed by atoms with van der Waals surface area (Å²) in [6.45, 7) is 3.22. The number of benzene rings is 1. The van der Waals surface area contributed by atoms with E-state index in [1.165, 1.54) is 0 Å². The van der Waals surface area contributed by atoms with Crippen LogP contribution >= 0.6 is 23.2 Å². The summed E-state index contributed by atoms with van der Waals surface area (Å²) in [5.74, 6) is -0.124. The maximum Gasteiger partial charge on any atom is 0.234 e. The van der Waals surface area contributed by atoms with E-state index in [1.54, 1.807) is 18.2 Å². The number of aliphatic hydroxyl groups is 1. The van der Waals surface area contributed by atoms with Crippen molar-refractivity contribution >= 4 is 29.1 Å². The number of aliphatic hydroxyl groups excluding tert-OH is 1. The highest BCUT2D eigenvalue weighted by Crippen LogP contribution is 2.25. The largest absolute Gasteiger partial charge is 0.387 e. The summed E-state index contributed by atoms with van der Waals surface area (Å²) in [6, 6.07) is 4.88. The van der Waals surface area contributed by atoms with Crippen molar-refractivity contribution in [3.8, 4) is 0 Å². The summed E-state index contributed by atoms with van der Waals surface area (Å²) in [7, 11) is 0. The molecule has 1 aromatic rings. The fourth-order valence-corrected chi connectivity index (χ4v) is 2.64. The monoisotopic (exact) mass is 332 g/mol. The number of hydrogen-bond donors (Lipinski definition) is 2. The number of nitrogens with one attached hydrogen (secondary N) is 1. The standard InChI is InChI=1S/C14H18Cl2N2O3/c15-10-1-2-11(12(16)7-10)13(19)8-17-14(20)9-18-3-5-21-6-4-18/h1-2,7,13,19H,3-6,8-9H2,(H,17,20). The molecule has 1 amide bonds. The predicted molar refractivity (Wildman–Crippen MR) is 81.7 cm³/mol. The van der Waals surface area contributed by atoms with E-state index in [0.717, 1.165) is 13.1 Å². The van der Waals surface area contributed by atoms with E-state index in [9.17, 15) is 9.90 Å². The lowest BCUT2D eigenvalue weighted by Crippen LogP contribution is -2.43. The summed E-state index contributed by atoms with van der Waals surface area (Å²) in [5, 5.41) is 13.7. The molecule has 1 heterocycles. The summed E-state index contributed by atoms with van der Waals surface area (Å²) in [6.07, 6.45) is -0.858. The fraction of sp³-hybridized carbons (Fsp3) is 0.500. The molecule has 1 aliphatic rings. The topological polar surface area (TPSA) is 61.8 Å². The van der Waals surface area contributed by atoms with Crippen molar-refractivity contribution in [2.45, 2.75) is 6.10 Å². The second-order valence-corrected chi connectivity index (χ2v) is 5.72. The molecule has 1 aliphatic heterocycles. The van der Waals surface area contributed by atoms with Gasteiger partial charge in [-0.2, -0.15) is 0 Å². The summed E-state index contributed by atoms with van der Waals surface area (Å²) >= 11 is 11.8. The molecule has 0 aliphatic carbocycles. The van der Waals surface area contributed by atoms with Crippen molar-refractivity contribution in [3.05, 3.63) is 33.8 Å². The Kier molecular flexibility index (Phi) is 6.26. The SMILES string of the molecule is O=C(CN1CCOCC1)NCC(O)c1ccc(Cl)cc1Cl. The quantitative estimate of drug-likeness (QED) is 0.857. The molecule has 2 rings (SSSR count). The van der Waals surface area contributed by atoms with Gasteiger partial charge in [0, 0.05) is 35.2 Å². The van der Waals surface area contributed by atoms with Crippen molar-refractivity contribution in [1.29, 1.82) is 0 Å². The van der Waals surface area contributed by atoms with E-state index < -0.39 is 6.10 Å². The van der Waals surface area contributed by atoms with Crippen LogP contribution in [0.5, 0.6) is 0 Å². The minimum absolute atomic E-state index is 0.116. The molecule has 1 fully saturated rings. The molecule has 0 radical (unpaired) electrons. The van der Waals surface area contributed by atoms with E-state index in [2.05, 4.69) is 5.32 Å². The molecule has 21 heavy (non-hydrogen) atoms. The van der Waals surface area contributed by atoms with Gasteiger partial charge in [-0.15, -0.1) is 0 Å². The Morgan fingerprint density at radius 2 is 2.10 bits per heavy atom. The van der Waals surface area contributed by atoms with Crippen LogP contribution in [0.1, 0.15) is 11.7 Å². The Morgan fingerprint density at radius 1 is 1.38 bits per heavy atom. The third kappa shape index (κ3) is 5.13. The van der Waals surface area contributed by atoms with Crippen LogP contribution in [-0.2, 0) is 9.53 Å². The average Bonchev–Trinajstić information content (AvgIpc) is 2.46. The fourth-order valence-electron chi connectivity index (χ4n) is 2.11. The number of hydrogen-bond acceptors (Lipinski definition) is 4. The third-order valence-corrected chi connectivity index (χ3v) is 3.85. The number of halogens is 2. The van der Waals surface area contributed by atoms with Gasteiger partial charge in [-0.25, -0.2) is 0 Å². The second kappa shape index (κ2) is 7.96. The number of nitrogens with zero attached hydrogens (tertiary/aromatic N) is 1. The van der Waals surface area contributed by atoms with Gasteiger partial charge in [0.2, 0.25) is 5.91 Å². The number of rotatable bonds is 5. The first-order valence-electron chi connectivity index (χ1n) is 6.76. The van der Waals surface area contributed by atoms with Crippen molar-refractivity contribution in [2.24, 2.45) is 0 Å². The highest BCUT2D eigenvalue weighted by Gasteiger charge is 2.16. The Bertz CT molecular complexity index is 493. The highest BCUT2D eigenvalue weighted by atomic mass is 35.5. The van der Waals surface area contributed by atoms with Crippen LogP contribution in [0.4, 0.5) is 0 Å². The molecule has 7 heteroatoms. The van der Waals surface area contributed by atoms with Gasteiger partial charge in [0.25, 0.3) is 0 Å². The molecule has 1 unspecified atom stereocenters. The van der Waals surface area contributed by atoms with Gasteiger partial charge < -0.3 is 15.2 Å². The molecule has 0 spiro atoms. The van der Waals surface area contributed by atoms with E-state index in [0.29, 0.717) is 35.4 Å². The van der Waals surface area contributed by atoms with Crippen LogP contribution in [-0.4, -0.2) is 55.3 Å². The minimum Gasteiger partial charge on any atom is -0.387 e. The summed E-state index contributed by atoms with van der Waals surface area (Å²) < 4.78 is 5.22. The Hall–Kier alpha value is -0.850. The van der Waals surface area contributed by atoms with Crippen LogP contribution in [0, 0.1) is 0 Å². The maximum atomic E-state index is 11.8. The molecule has 2 N–H and O–H groups in total. The average molecular weight is 333 g/mol. The summed E-state index contributed by atoms with van der Waals surface area (Å²) in [4.78, 5) is 13.8. The Labute approximate surface area is 133 Å². The zero-order valence-electron chi connectivity index (χ0n) is 11.5. The van der Waals surface area contributed by atoms with Crippen LogP contribution < -0.4 is 5.32 Å². The first-order chi connectivity index (χ1) is 10.1. The van der Waals surface area contributed by atoms with Gasteiger partial charge >= 0.3 is 0 Å². The minimum atomic E-state index is -0.858. The number of ether oxygens (including phenoxy) is 1. The van der Waals surface area contributed by atoms with E-state index in [-0.39, 0.29) is 12.5 Å². The summed E-state index contributed by atoms with van der Waals surface area (Å²) in [5.41, 5.74) is 0.549. The lowest BCUT2D eigenvalue weighted by atomic mass is 10.1. The van der Waals surface area contributed by atoms with Crippen molar-refractivity contribution in [1.82, 2.24) is 10.2 Å². The Balaban J connectivity index is 1.80. The number of carbonyl (C=O) groups is 1. The molecule has 1 atom stereocenters. The smallest absolute Gasteiger partial charge is 0.234 e. The van der Waals surface area contributed by atoms with Gasteiger partial charge in [-0.05, 0) is 12.1 Å². The van der Waals surface area contributed by atoms with E-state index in [1.807, 2.05) is 4.90 Å². The highest BCUT2D eigenvalue weighted by molar-refractivity contribution is 6.35. The van der Waals surface area contributed by atoms with Gasteiger partial charge in [-0.1, -0.05) is 29.3 Å². The van der Waals surface area contributed by atoms with E-state index in [4.69, 9.17) is 27.9 Å². The number of morpholine rings is 1. The van der Waals surface area contributed by atoms with Crippen LogP contribution in [0.2, 0.25) is 10.0 Å². The normalized spacial score (nSPS) is 17.5. The second-order valence-electron chi connectivity index (χ2n) is 4.87. The van der Waals surface area contributed by atoms with Crippen LogP contribution in [0.25, 0.3) is 0 Å². The first kappa shape index (κ1) is 16.5. The van der Waals surface area contributed by atoms with Gasteiger partial charge in [0.05, 0.1) is 25.9 Å².